The Kier molecular flexibility index (Phi) is 6.38. The molecule has 1 heterocycles. The SMILES string of the molecule is CC.O=C(O)c1cccnc1Oc1ccc(C(F)(F)F)cc1Cl. The lowest BCUT2D eigenvalue weighted by atomic mass is 10.2. The van der Waals surface area contributed by atoms with Crippen molar-refractivity contribution in [1.82, 2.24) is 4.98 Å². The molecule has 4 nitrogen and oxygen atoms in total. The minimum absolute atomic E-state index is 0.120. The molecule has 0 atom stereocenters. The maximum Gasteiger partial charge on any atom is 0.416 e. The first-order valence-corrected chi connectivity index (χ1v) is 6.90. The van der Waals surface area contributed by atoms with Gasteiger partial charge in [-0.05, 0) is 30.3 Å². The van der Waals surface area contributed by atoms with Crippen LogP contribution in [0, 0.1) is 0 Å². The Morgan fingerprint density at radius 2 is 1.91 bits per heavy atom. The molecule has 0 bridgehead atoms. The molecule has 0 aliphatic heterocycles. The lowest BCUT2D eigenvalue weighted by Crippen LogP contribution is -2.05. The smallest absolute Gasteiger partial charge is 0.416 e. The van der Waals surface area contributed by atoms with E-state index in [1.807, 2.05) is 13.8 Å². The van der Waals surface area contributed by atoms with Crippen LogP contribution >= 0.6 is 11.6 Å². The Balaban J connectivity index is 0.00000127. The number of aromatic nitrogens is 1. The van der Waals surface area contributed by atoms with Gasteiger partial charge in [-0.2, -0.15) is 13.2 Å². The largest absolute Gasteiger partial charge is 0.477 e. The number of hydrogen-bond donors (Lipinski definition) is 1. The average Bonchev–Trinajstić information content (AvgIpc) is 2.50. The molecule has 0 aliphatic carbocycles. The lowest BCUT2D eigenvalue weighted by Gasteiger charge is -2.11. The number of nitrogens with zero attached hydrogens (tertiary/aromatic N) is 1. The first-order chi connectivity index (χ1) is 10.8. The summed E-state index contributed by atoms with van der Waals surface area (Å²) in [6.07, 6.45) is -3.24. The van der Waals surface area contributed by atoms with Gasteiger partial charge in [-0.25, -0.2) is 9.78 Å². The van der Waals surface area contributed by atoms with Gasteiger partial charge >= 0.3 is 12.1 Å². The number of pyridine rings is 1. The maximum absolute atomic E-state index is 12.5. The van der Waals surface area contributed by atoms with Crippen molar-refractivity contribution in [1.29, 1.82) is 0 Å². The molecular formula is C15H13ClF3NO3. The number of aromatic carboxylic acids is 1. The van der Waals surface area contributed by atoms with Crippen molar-refractivity contribution < 1.29 is 27.8 Å². The summed E-state index contributed by atoms with van der Waals surface area (Å²) in [4.78, 5) is 14.7. The zero-order valence-electron chi connectivity index (χ0n) is 12.2. The van der Waals surface area contributed by atoms with Gasteiger partial charge in [0.2, 0.25) is 5.88 Å². The molecule has 8 heteroatoms. The summed E-state index contributed by atoms with van der Waals surface area (Å²) < 4.78 is 42.7. The van der Waals surface area contributed by atoms with Crippen LogP contribution in [0.15, 0.2) is 36.5 Å². The van der Waals surface area contributed by atoms with Gasteiger partial charge in [0.1, 0.15) is 11.3 Å². The highest BCUT2D eigenvalue weighted by Gasteiger charge is 2.31. The first-order valence-electron chi connectivity index (χ1n) is 6.52. The normalized spacial score (nSPS) is 10.5. The average molecular weight is 348 g/mol. The van der Waals surface area contributed by atoms with Crippen molar-refractivity contribution in [3.8, 4) is 11.6 Å². The highest BCUT2D eigenvalue weighted by molar-refractivity contribution is 6.32. The van der Waals surface area contributed by atoms with Crippen molar-refractivity contribution in [3.05, 3.63) is 52.7 Å². The number of carbonyl (C=O) groups is 1. The highest BCUT2D eigenvalue weighted by Crippen LogP contribution is 2.36. The molecule has 1 N–H and O–H groups in total. The summed E-state index contributed by atoms with van der Waals surface area (Å²) in [5, 5.41) is 8.66. The van der Waals surface area contributed by atoms with Crippen LogP contribution in [0.25, 0.3) is 0 Å². The summed E-state index contributed by atoms with van der Waals surface area (Å²) in [5.41, 5.74) is -1.16. The molecule has 1 aromatic heterocycles. The van der Waals surface area contributed by atoms with Gasteiger partial charge in [0, 0.05) is 6.20 Å². The van der Waals surface area contributed by atoms with Crippen molar-refractivity contribution >= 4 is 17.6 Å². The quantitative estimate of drug-likeness (QED) is 0.821. The molecule has 0 aliphatic rings. The summed E-state index contributed by atoms with van der Waals surface area (Å²) in [5.74, 6) is -1.65. The zero-order chi connectivity index (χ0) is 17.6. The van der Waals surface area contributed by atoms with Crippen LogP contribution < -0.4 is 4.74 Å². The number of carboxylic acid groups (broad SMARTS) is 1. The molecule has 1 aromatic carbocycles. The van der Waals surface area contributed by atoms with Crippen LogP contribution in [-0.2, 0) is 6.18 Å². The molecule has 2 aromatic rings. The van der Waals surface area contributed by atoms with E-state index >= 15 is 0 Å². The van der Waals surface area contributed by atoms with Gasteiger partial charge in [-0.1, -0.05) is 25.4 Å². The van der Waals surface area contributed by atoms with Crippen LogP contribution in [0.3, 0.4) is 0 Å². The van der Waals surface area contributed by atoms with E-state index < -0.39 is 17.7 Å². The number of carboxylic acids is 1. The van der Waals surface area contributed by atoms with Crippen LogP contribution in [0.1, 0.15) is 29.8 Å². The minimum atomic E-state index is -4.53. The fourth-order valence-electron chi connectivity index (χ4n) is 1.50. The second-order valence-corrected chi connectivity index (χ2v) is 4.31. The summed E-state index contributed by atoms with van der Waals surface area (Å²) in [6.45, 7) is 4.00. The van der Waals surface area contributed by atoms with Crippen molar-refractivity contribution in [3.63, 3.8) is 0 Å². The van der Waals surface area contributed by atoms with Gasteiger partial charge < -0.3 is 9.84 Å². The van der Waals surface area contributed by atoms with Crippen molar-refractivity contribution in [2.45, 2.75) is 20.0 Å². The molecule has 124 valence electrons. The van der Waals surface area contributed by atoms with E-state index in [0.29, 0.717) is 6.07 Å². The van der Waals surface area contributed by atoms with Crippen molar-refractivity contribution in [2.24, 2.45) is 0 Å². The van der Waals surface area contributed by atoms with E-state index in [1.54, 1.807) is 0 Å². The van der Waals surface area contributed by atoms with Gasteiger partial charge in [0.15, 0.2) is 0 Å². The number of halogens is 4. The fraction of sp³-hybridized carbons (Fsp3) is 0.200. The van der Waals surface area contributed by atoms with E-state index in [1.165, 1.54) is 18.3 Å². The highest BCUT2D eigenvalue weighted by atomic mass is 35.5. The molecule has 0 spiro atoms. The molecule has 2 rings (SSSR count). The number of hydrogen-bond acceptors (Lipinski definition) is 3. The Labute approximate surface area is 135 Å². The summed E-state index contributed by atoms with van der Waals surface area (Å²) in [6, 6.07) is 5.13. The molecule has 0 saturated carbocycles. The zero-order valence-corrected chi connectivity index (χ0v) is 12.9. The Hall–Kier alpha value is -2.28. The third-order valence-electron chi connectivity index (χ3n) is 2.47. The topological polar surface area (TPSA) is 59.4 Å². The van der Waals surface area contributed by atoms with E-state index in [2.05, 4.69) is 4.98 Å². The second kappa shape index (κ2) is 7.82. The van der Waals surface area contributed by atoms with Crippen LogP contribution in [0.2, 0.25) is 5.02 Å². The van der Waals surface area contributed by atoms with E-state index in [-0.39, 0.29) is 22.2 Å². The molecule has 0 fully saturated rings. The van der Waals surface area contributed by atoms with Gasteiger partial charge in [-0.15, -0.1) is 0 Å². The molecule has 0 amide bonds. The minimum Gasteiger partial charge on any atom is -0.477 e. The predicted octanol–water partition coefficient (Wildman–Crippen LogP) is 5.27. The molecule has 0 saturated heterocycles. The number of benzene rings is 1. The first kappa shape index (κ1) is 18.8. The van der Waals surface area contributed by atoms with Gasteiger partial charge in [0.25, 0.3) is 0 Å². The maximum atomic E-state index is 12.5. The molecular weight excluding hydrogens is 335 g/mol. The second-order valence-electron chi connectivity index (χ2n) is 3.91. The standard InChI is InChI=1S/C13H7ClF3NO3.C2H6/c14-9-6-7(13(15,16)17)3-4-10(9)21-11-8(12(19)20)2-1-5-18-11;1-2/h1-6H,(H,19,20);1-2H3. The molecule has 0 radical (unpaired) electrons. The third kappa shape index (κ3) is 4.85. The summed E-state index contributed by atoms with van der Waals surface area (Å²) in [7, 11) is 0. The number of rotatable bonds is 3. The summed E-state index contributed by atoms with van der Waals surface area (Å²) >= 11 is 5.72. The number of alkyl halides is 3. The number of ether oxygens (including phenoxy) is 1. The van der Waals surface area contributed by atoms with E-state index in [9.17, 15) is 18.0 Å². The van der Waals surface area contributed by atoms with Gasteiger partial charge in [0.05, 0.1) is 10.6 Å². The van der Waals surface area contributed by atoms with Crippen LogP contribution in [0.5, 0.6) is 11.6 Å². The van der Waals surface area contributed by atoms with Crippen molar-refractivity contribution in [2.75, 3.05) is 0 Å². The fourth-order valence-corrected chi connectivity index (χ4v) is 1.72. The van der Waals surface area contributed by atoms with E-state index in [4.69, 9.17) is 21.4 Å². The van der Waals surface area contributed by atoms with Gasteiger partial charge in [-0.3, -0.25) is 0 Å². The lowest BCUT2D eigenvalue weighted by molar-refractivity contribution is -0.137. The molecule has 23 heavy (non-hydrogen) atoms. The van der Waals surface area contributed by atoms with Crippen LogP contribution in [0.4, 0.5) is 13.2 Å². The monoisotopic (exact) mass is 347 g/mol. The molecule has 0 unspecified atom stereocenters. The Morgan fingerprint density at radius 3 is 2.43 bits per heavy atom. The third-order valence-corrected chi connectivity index (χ3v) is 2.76. The van der Waals surface area contributed by atoms with Crippen LogP contribution in [-0.4, -0.2) is 16.1 Å². The van der Waals surface area contributed by atoms with E-state index in [0.717, 1.165) is 12.1 Å². The Morgan fingerprint density at radius 1 is 1.26 bits per heavy atom. The predicted molar refractivity (Wildman–Crippen MR) is 79.1 cm³/mol. The Bertz CT molecular complexity index is 690.